The molecule has 0 aromatic heterocycles. The number of nitrogens with zero attached hydrogens (tertiary/aromatic N) is 2. The Kier molecular flexibility index (Phi) is 4.39. The highest BCUT2D eigenvalue weighted by atomic mass is 16.2. The number of hydrogen-bond acceptors (Lipinski definition) is 2. The second-order valence-corrected chi connectivity index (χ2v) is 3.79. The van der Waals surface area contributed by atoms with Crippen molar-refractivity contribution in [2.75, 3.05) is 33.2 Å². The van der Waals surface area contributed by atoms with Crippen molar-refractivity contribution in [3.05, 3.63) is 0 Å². The van der Waals surface area contributed by atoms with E-state index in [1.165, 1.54) is 4.90 Å². The molecular weight excluding hydrogens is 194 g/mol. The second-order valence-electron chi connectivity index (χ2n) is 3.79. The van der Waals surface area contributed by atoms with Crippen molar-refractivity contribution in [1.82, 2.24) is 15.1 Å². The van der Waals surface area contributed by atoms with E-state index in [0.29, 0.717) is 6.54 Å². The zero-order chi connectivity index (χ0) is 11.3. The summed E-state index contributed by atoms with van der Waals surface area (Å²) in [5.74, 6) is -0.104. The van der Waals surface area contributed by atoms with Crippen LogP contribution in [-0.2, 0) is 4.79 Å². The Morgan fingerprint density at radius 1 is 1.33 bits per heavy atom. The number of carbonyl (C=O) groups is 2. The van der Waals surface area contributed by atoms with Crippen LogP contribution in [0.3, 0.4) is 0 Å². The first-order chi connectivity index (χ1) is 7.15. The summed E-state index contributed by atoms with van der Waals surface area (Å²) in [5, 5.41) is 2.67. The Labute approximate surface area is 90.4 Å². The van der Waals surface area contributed by atoms with E-state index in [-0.39, 0.29) is 18.5 Å². The van der Waals surface area contributed by atoms with Gasteiger partial charge >= 0.3 is 6.03 Å². The van der Waals surface area contributed by atoms with E-state index in [0.717, 1.165) is 25.9 Å². The van der Waals surface area contributed by atoms with E-state index < -0.39 is 0 Å². The number of carbonyl (C=O) groups excluding carboxylic acids is 2. The largest absolute Gasteiger partial charge is 0.355 e. The standard InChI is InChI=1S/C10H19N3O2/c1-3-11-9(14)8-12(2)10(15)13-6-4-5-7-13/h3-8H2,1-2H3,(H,11,14). The van der Waals surface area contributed by atoms with Gasteiger partial charge in [0.05, 0.1) is 0 Å². The molecule has 0 aromatic carbocycles. The predicted octanol–water partition coefficient (Wildman–Crippen LogP) is 0.270. The summed E-state index contributed by atoms with van der Waals surface area (Å²) in [5.41, 5.74) is 0. The zero-order valence-corrected chi connectivity index (χ0v) is 9.45. The molecule has 1 saturated heterocycles. The summed E-state index contributed by atoms with van der Waals surface area (Å²) in [6, 6.07) is -0.0428. The highest BCUT2D eigenvalue weighted by Crippen LogP contribution is 2.09. The molecule has 1 aliphatic rings. The lowest BCUT2D eigenvalue weighted by molar-refractivity contribution is -0.121. The molecule has 3 amide bonds. The molecule has 15 heavy (non-hydrogen) atoms. The van der Waals surface area contributed by atoms with E-state index in [4.69, 9.17) is 0 Å². The highest BCUT2D eigenvalue weighted by molar-refractivity contribution is 5.83. The molecule has 0 spiro atoms. The van der Waals surface area contributed by atoms with Crippen LogP contribution in [0.1, 0.15) is 19.8 Å². The number of rotatable bonds is 3. The van der Waals surface area contributed by atoms with Crippen molar-refractivity contribution in [2.24, 2.45) is 0 Å². The first-order valence-corrected chi connectivity index (χ1v) is 5.42. The van der Waals surface area contributed by atoms with Gasteiger partial charge in [-0.2, -0.15) is 0 Å². The monoisotopic (exact) mass is 213 g/mol. The predicted molar refractivity (Wildman–Crippen MR) is 57.5 cm³/mol. The van der Waals surface area contributed by atoms with Gasteiger partial charge in [0.1, 0.15) is 6.54 Å². The van der Waals surface area contributed by atoms with Gasteiger partial charge in [-0.15, -0.1) is 0 Å². The van der Waals surface area contributed by atoms with Gasteiger partial charge in [-0.3, -0.25) is 4.79 Å². The van der Waals surface area contributed by atoms with Gasteiger partial charge in [-0.1, -0.05) is 0 Å². The van der Waals surface area contributed by atoms with Crippen LogP contribution in [0.15, 0.2) is 0 Å². The van der Waals surface area contributed by atoms with Crippen LogP contribution < -0.4 is 5.32 Å². The molecular formula is C10H19N3O2. The van der Waals surface area contributed by atoms with Crippen molar-refractivity contribution >= 4 is 11.9 Å². The fraction of sp³-hybridized carbons (Fsp3) is 0.800. The average Bonchev–Trinajstić information content (AvgIpc) is 2.69. The van der Waals surface area contributed by atoms with E-state index in [1.807, 2.05) is 6.92 Å². The van der Waals surface area contributed by atoms with Crippen molar-refractivity contribution in [3.63, 3.8) is 0 Å². The summed E-state index contributed by atoms with van der Waals surface area (Å²) >= 11 is 0. The molecule has 1 N–H and O–H groups in total. The number of urea groups is 1. The molecule has 86 valence electrons. The number of hydrogen-bond donors (Lipinski definition) is 1. The summed E-state index contributed by atoms with van der Waals surface area (Å²) in [7, 11) is 1.66. The SMILES string of the molecule is CCNC(=O)CN(C)C(=O)N1CCCC1. The topological polar surface area (TPSA) is 52.7 Å². The van der Waals surface area contributed by atoms with Gasteiger partial charge in [0, 0.05) is 26.7 Å². The maximum atomic E-state index is 11.8. The van der Waals surface area contributed by atoms with E-state index in [2.05, 4.69) is 5.32 Å². The van der Waals surface area contributed by atoms with Crippen LogP contribution in [0.5, 0.6) is 0 Å². The molecule has 0 saturated carbocycles. The molecule has 0 aliphatic carbocycles. The lowest BCUT2D eigenvalue weighted by atomic mass is 10.4. The molecule has 0 radical (unpaired) electrons. The van der Waals surface area contributed by atoms with Gasteiger partial charge in [-0.05, 0) is 19.8 Å². The molecule has 1 aliphatic heterocycles. The lowest BCUT2D eigenvalue weighted by Crippen LogP contribution is -2.44. The molecule has 1 heterocycles. The summed E-state index contributed by atoms with van der Waals surface area (Å²) < 4.78 is 0. The third-order valence-electron chi connectivity index (χ3n) is 2.46. The Morgan fingerprint density at radius 3 is 2.47 bits per heavy atom. The summed E-state index contributed by atoms with van der Waals surface area (Å²) in [6.07, 6.45) is 2.14. The van der Waals surface area contributed by atoms with Gasteiger partial charge in [0.2, 0.25) is 5.91 Å². The maximum absolute atomic E-state index is 11.8. The van der Waals surface area contributed by atoms with Gasteiger partial charge in [0.25, 0.3) is 0 Å². The van der Waals surface area contributed by atoms with Crippen LogP contribution in [-0.4, -0.2) is 55.0 Å². The first kappa shape index (κ1) is 11.8. The Hall–Kier alpha value is -1.26. The molecule has 5 heteroatoms. The van der Waals surface area contributed by atoms with Gasteiger partial charge < -0.3 is 15.1 Å². The van der Waals surface area contributed by atoms with E-state index in [9.17, 15) is 9.59 Å². The van der Waals surface area contributed by atoms with E-state index >= 15 is 0 Å². The first-order valence-electron chi connectivity index (χ1n) is 5.42. The minimum Gasteiger partial charge on any atom is -0.355 e. The van der Waals surface area contributed by atoms with Gasteiger partial charge in [0.15, 0.2) is 0 Å². The number of amides is 3. The number of nitrogens with one attached hydrogen (secondary N) is 1. The number of likely N-dealkylation sites (N-methyl/N-ethyl adjacent to an activating group) is 2. The minimum absolute atomic E-state index is 0.0428. The van der Waals surface area contributed by atoms with Crippen LogP contribution in [0.2, 0.25) is 0 Å². The van der Waals surface area contributed by atoms with Crippen molar-refractivity contribution in [2.45, 2.75) is 19.8 Å². The molecule has 0 aromatic rings. The van der Waals surface area contributed by atoms with Crippen molar-refractivity contribution in [1.29, 1.82) is 0 Å². The summed E-state index contributed by atoms with van der Waals surface area (Å²) in [6.45, 7) is 4.24. The average molecular weight is 213 g/mol. The van der Waals surface area contributed by atoms with E-state index in [1.54, 1.807) is 11.9 Å². The number of likely N-dealkylation sites (tertiary alicyclic amines) is 1. The molecule has 0 atom stereocenters. The quantitative estimate of drug-likeness (QED) is 0.731. The van der Waals surface area contributed by atoms with Crippen molar-refractivity contribution in [3.8, 4) is 0 Å². The van der Waals surface area contributed by atoms with Crippen LogP contribution in [0, 0.1) is 0 Å². The maximum Gasteiger partial charge on any atom is 0.320 e. The fourth-order valence-electron chi connectivity index (χ4n) is 1.69. The molecule has 1 fully saturated rings. The molecule has 1 rings (SSSR count). The third-order valence-corrected chi connectivity index (χ3v) is 2.46. The molecule has 0 bridgehead atoms. The van der Waals surface area contributed by atoms with Gasteiger partial charge in [-0.25, -0.2) is 4.79 Å². The highest BCUT2D eigenvalue weighted by Gasteiger charge is 2.22. The van der Waals surface area contributed by atoms with Crippen LogP contribution in [0.25, 0.3) is 0 Å². The van der Waals surface area contributed by atoms with Crippen LogP contribution in [0.4, 0.5) is 4.79 Å². The lowest BCUT2D eigenvalue weighted by Gasteiger charge is -2.23. The Balaban J connectivity index is 2.35. The Morgan fingerprint density at radius 2 is 1.93 bits per heavy atom. The van der Waals surface area contributed by atoms with Crippen LogP contribution >= 0.6 is 0 Å². The minimum atomic E-state index is -0.104. The molecule has 0 unspecified atom stereocenters. The molecule has 5 nitrogen and oxygen atoms in total. The van der Waals surface area contributed by atoms with Crippen molar-refractivity contribution < 1.29 is 9.59 Å². The third kappa shape index (κ3) is 3.42. The zero-order valence-electron chi connectivity index (χ0n) is 9.45. The summed E-state index contributed by atoms with van der Waals surface area (Å²) in [4.78, 5) is 26.3. The smallest absolute Gasteiger partial charge is 0.320 e. The second kappa shape index (κ2) is 5.58. The Bertz CT molecular complexity index is 237. The fourth-order valence-corrected chi connectivity index (χ4v) is 1.69. The normalized spacial score (nSPS) is 15.2.